The van der Waals surface area contributed by atoms with Crippen LogP contribution in [-0.2, 0) is 0 Å². The van der Waals surface area contributed by atoms with E-state index in [1.807, 2.05) is 13.0 Å². The SMILES string of the molecule is CCOc1ccc(-c2[nH]nc3c2C(c2cc(Cl)ccc2O)C(C#N)=C(N)O3)cc1OC. The number of phenols is 1. The van der Waals surface area contributed by atoms with Crippen molar-refractivity contribution in [1.29, 1.82) is 5.26 Å². The van der Waals surface area contributed by atoms with E-state index in [9.17, 15) is 10.4 Å². The molecule has 1 unspecified atom stereocenters. The number of H-pyrrole nitrogens is 1. The van der Waals surface area contributed by atoms with Gasteiger partial charge in [0.05, 0.1) is 30.9 Å². The highest BCUT2D eigenvalue weighted by atomic mass is 35.5. The number of hydrogen-bond donors (Lipinski definition) is 3. The lowest BCUT2D eigenvalue weighted by Crippen LogP contribution is -2.21. The zero-order valence-electron chi connectivity index (χ0n) is 16.8. The summed E-state index contributed by atoms with van der Waals surface area (Å²) in [5.41, 5.74) is 8.41. The zero-order chi connectivity index (χ0) is 22.1. The topological polar surface area (TPSA) is 126 Å². The highest BCUT2D eigenvalue weighted by Crippen LogP contribution is 2.48. The molecule has 158 valence electrons. The van der Waals surface area contributed by atoms with Crippen molar-refractivity contribution in [2.24, 2.45) is 5.73 Å². The van der Waals surface area contributed by atoms with Crippen LogP contribution in [-0.4, -0.2) is 29.0 Å². The van der Waals surface area contributed by atoms with E-state index in [0.29, 0.717) is 39.9 Å². The van der Waals surface area contributed by atoms with Crippen molar-refractivity contribution in [2.45, 2.75) is 12.8 Å². The number of nitrogens with zero attached hydrogens (tertiary/aromatic N) is 2. The Hall–Kier alpha value is -3.83. The van der Waals surface area contributed by atoms with Crippen molar-refractivity contribution < 1.29 is 19.3 Å². The van der Waals surface area contributed by atoms with Crippen LogP contribution in [0.5, 0.6) is 23.1 Å². The third kappa shape index (κ3) is 3.49. The van der Waals surface area contributed by atoms with E-state index in [-0.39, 0.29) is 23.1 Å². The van der Waals surface area contributed by atoms with Gasteiger partial charge in [-0.3, -0.25) is 5.10 Å². The van der Waals surface area contributed by atoms with Crippen LogP contribution in [0.15, 0.2) is 47.9 Å². The Bertz CT molecular complexity index is 1230. The molecule has 4 N–H and O–H groups in total. The number of aromatic nitrogens is 2. The number of nitrogens with one attached hydrogen (secondary N) is 1. The predicted molar refractivity (Wildman–Crippen MR) is 114 cm³/mol. The fraction of sp³-hybridized carbons (Fsp3) is 0.182. The van der Waals surface area contributed by atoms with Crippen molar-refractivity contribution in [1.82, 2.24) is 10.2 Å². The molecule has 1 aliphatic rings. The van der Waals surface area contributed by atoms with Crippen LogP contribution in [0.4, 0.5) is 0 Å². The second-order valence-corrected chi connectivity index (χ2v) is 7.18. The molecule has 0 amide bonds. The lowest BCUT2D eigenvalue weighted by molar-refractivity contribution is 0.311. The number of aromatic hydroxyl groups is 1. The van der Waals surface area contributed by atoms with Crippen LogP contribution in [0.25, 0.3) is 11.3 Å². The van der Waals surface area contributed by atoms with Crippen LogP contribution >= 0.6 is 11.6 Å². The number of aromatic amines is 1. The Morgan fingerprint density at radius 3 is 2.81 bits per heavy atom. The summed E-state index contributed by atoms with van der Waals surface area (Å²) < 4.78 is 16.6. The molecular weight excluding hydrogens is 420 g/mol. The van der Waals surface area contributed by atoms with Crippen molar-refractivity contribution in [3.8, 4) is 40.5 Å². The predicted octanol–water partition coefficient (Wildman–Crippen LogP) is 4.06. The molecule has 31 heavy (non-hydrogen) atoms. The highest BCUT2D eigenvalue weighted by Gasteiger charge is 2.37. The molecule has 3 aromatic rings. The molecule has 1 atom stereocenters. The summed E-state index contributed by atoms with van der Waals surface area (Å²) in [5.74, 6) is 0.504. The Balaban J connectivity index is 1.93. The lowest BCUT2D eigenvalue weighted by Gasteiger charge is -2.25. The number of allylic oxidation sites excluding steroid dienone is 1. The first-order valence-electron chi connectivity index (χ1n) is 9.43. The van der Waals surface area contributed by atoms with Gasteiger partial charge in [0.1, 0.15) is 17.4 Å². The van der Waals surface area contributed by atoms with Crippen molar-refractivity contribution >= 4 is 11.6 Å². The molecule has 8 nitrogen and oxygen atoms in total. The van der Waals surface area contributed by atoms with E-state index in [1.165, 1.54) is 6.07 Å². The monoisotopic (exact) mass is 438 g/mol. The first-order valence-corrected chi connectivity index (χ1v) is 9.81. The van der Waals surface area contributed by atoms with Gasteiger partial charge >= 0.3 is 0 Å². The quantitative estimate of drug-likeness (QED) is 0.548. The van der Waals surface area contributed by atoms with Gasteiger partial charge in [-0.1, -0.05) is 11.6 Å². The minimum absolute atomic E-state index is 0.0285. The van der Waals surface area contributed by atoms with E-state index < -0.39 is 5.92 Å². The van der Waals surface area contributed by atoms with Gasteiger partial charge < -0.3 is 25.1 Å². The van der Waals surface area contributed by atoms with E-state index >= 15 is 0 Å². The third-order valence-corrected chi connectivity index (χ3v) is 5.23. The van der Waals surface area contributed by atoms with E-state index in [4.69, 9.17) is 31.5 Å². The van der Waals surface area contributed by atoms with Crippen LogP contribution in [0.3, 0.4) is 0 Å². The van der Waals surface area contributed by atoms with E-state index in [0.717, 1.165) is 5.56 Å². The first-order chi connectivity index (χ1) is 15.0. The lowest BCUT2D eigenvalue weighted by atomic mass is 9.82. The Kier molecular flexibility index (Phi) is 5.36. The van der Waals surface area contributed by atoms with Crippen molar-refractivity contribution in [3.63, 3.8) is 0 Å². The fourth-order valence-electron chi connectivity index (χ4n) is 3.63. The second kappa shape index (κ2) is 8.13. The number of fused-ring (bicyclic) bond motifs is 1. The molecule has 0 saturated carbocycles. The van der Waals surface area contributed by atoms with Crippen LogP contribution in [0.1, 0.15) is 24.0 Å². The summed E-state index contributed by atoms with van der Waals surface area (Å²) in [6, 6.07) is 12.1. The molecule has 1 aromatic heterocycles. The smallest absolute Gasteiger partial charge is 0.244 e. The molecule has 2 heterocycles. The Labute approximate surface area is 183 Å². The minimum atomic E-state index is -0.737. The maximum Gasteiger partial charge on any atom is 0.244 e. The average molecular weight is 439 g/mol. The van der Waals surface area contributed by atoms with Crippen LogP contribution in [0, 0.1) is 11.3 Å². The number of rotatable bonds is 5. The van der Waals surface area contributed by atoms with Crippen molar-refractivity contribution in [2.75, 3.05) is 13.7 Å². The van der Waals surface area contributed by atoms with Gasteiger partial charge in [-0.25, -0.2) is 0 Å². The van der Waals surface area contributed by atoms with Gasteiger partial charge in [-0.15, -0.1) is 5.10 Å². The number of hydrogen-bond acceptors (Lipinski definition) is 7. The van der Waals surface area contributed by atoms with E-state index in [2.05, 4.69) is 16.3 Å². The van der Waals surface area contributed by atoms with Gasteiger partial charge in [-0.2, -0.15) is 5.26 Å². The number of phenolic OH excluding ortho intramolecular Hbond substituents is 1. The summed E-state index contributed by atoms with van der Waals surface area (Å²) in [4.78, 5) is 0. The molecule has 0 aliphatic carbocycles. The van der Waals surface area contributed by atoms with Crippen LogP contribution < -0.4 is 19.9 Å². The minimum Gasteiger partial charge on any atom is -0.508 e. The maximum absolute atomic E-state index is 10.5. The Morgan fingerprint density at radius 1 is 1.29 bits per heavy atom. The highest BCUT2D eigenvalue weighted by molar-refractivity contribution is 6.30. The number of halogens is 1. The summed E-state index contributed by atoms with van der Waals surface area (Å²) in [5, 5.41) is 28.0. The summed E-state index contributed by atoms with van der Waals surface area (Å²) in [6.45, 7) is 2.38. The number of ether oxygens (including phenoxy) is 3. The second-order valence-electron chi connectivity index (χ2n) is 6.74. The summed E-state index contributed by atoms with van der Waals surface area (Å²) in [7, 11) is 1.55. The van der Waals surface area contributed by atoms with Gasteiger partial charge in [0.15, 0.2) is 11.5 Å². The van der Waals surface area contributed by atoms with E-state index in [1.54, 1.807) is 31.4 Å². The molecular formula is C22H19ClN4O4. The molecule has 0 bridgehead atoms. The van der Waals surface area contributed by atoms with Crippen molar-refractivity contribution in [3.05, 3.63) is 64.0 Å². The largest absolute Gasteiger partial charge is 0.508 e. The summed E-state index contributed by atoms with van der Waals surface area (Å²) in [6.07, 6.45) is 0. The van der Waals surface area contributed by atoms with Crippen LogP contribution in [0.2, 0.25) is 5.02 Å². The number of nitrogens with two attached hydrogens (primary N) is 1. The molecule has 4 rings (SSSR count). The number of methoxy groups -OCH3 is 1. The van der Waals surface area contributed by atoms with Gasteiger partial charge in [0, 0.05) is 16.1 Å². The molecule has 2 aromatic carbocycles. The molecule has 1 aliphatic heterocycles. The third-order valence-electron chi connectivity index (χ3n) is 4.99. The molecule has 0 radical (unpaired) electrons. The number of benzene rings is 2. The molecule has 0 spiro atoms. The molecule has 9 heteroatoms. The van der Waals surface area contributed by atoms with Gasteiger partial charge in [0.2, 0.25) is 11.8 Å². The molecule has 0 fully saturated rings. The maximum atomic E-state index is 10.5. The standard InChI is InChI=1S/C22H19ClN4O4/c1-3-30-16-7-4-11(8-17(16)29-2)20-19-18(13-9-12(23)5-6-15(13)28)14(10-24)21(25)31-22(19)27-26-20/h4-9,18,28H,3,25H2,1-2H3,(H,26,27). The fourth-order valence-corrected chi connectivity index (χ4v) is 3.81. The average Bonchev–Trinajstić information content (AvgIpc) is 3.18. The normalized spacial score (nSPS) is 15.1. The first kappa shape index (κ1) is 20.4. The zero-order valence-corrected chi connectivity index (χ0v) is 17.5. The summed E-state index contributed by atoms with van der Waals surface area (Å²) >= 11 is 6.18. The van der Waals surface area contributed by atoms with Gasteiger partial charge in [-0.05, 0) is 43.3 Å². The molecule has 0 saturated heterocycles. The number of nitriles is 1. The Morgan fingerprint density at radius 2 is 2.10 bits per heavy atom. The van der Waals surface area contributed by atoms with Gasteiger partial charge in [0.25, 0.3) is 0 Å².